The number of rotatable bonds is 8. The van der Waals surface area contributed by atoms with Gasteiger partial charge in [0.1, 0.15) is 41.2 Å². The van der Waals surface area contributed by atoms with Gasteiger partial charge in [-0.15, -0.1) is 11.3 Å². The van der Waals surface area contributed by atoms with Crippen LogP contribution >= 0.6 is 22.7 Å². The molecule has 0 aliphatic carbocycles. The number of aryl methyl sites for hydroxylation is 1. The molecule has 2 aromatic heterocycles. The number of hydrogen-bond acceptors (Lipinski definition) is 14. The van der Waals surface area contributed by atoms with E-state index in [4.69, 9.17) is 16.3 Å². The van der Waals surface area contributed by atoms with Gasteiger partial charge in [-0.25, -0.2) is 9.97 Å². The van der Waals surface area contributed by atoms with Crippen molar-refractivity contribution < 1.29 is 30.0 Å². The van der Waals surface area contributed by atoms with E-state index in [1.165, 1.54) is 12.4 Å². The van der Waals surface area contributed by atoms with Gasteiger partial charge in [0.15, 0.2) is 5.13 Å². The van der Waals surface area contributed by atoms with Crippen molar-refractivity contribution in [2.75, 3.05) is 18.5 Å². The van der Waals surface area contributed by atoms with Crippen molar-refractivity contribution in [1.82, 2.24) is 15.4 Å². The summed E-state index contributed by atoms with van der Waals surface area (Å²) in [7, 11) is 0. The minimum atomic E-state index is -1.45. The molecular formula is C17H24N6O6S2. The lowest BCUT2D eigenvalue weighted by molar-refractivity contribution is -0.225. The van der Waals surface area contributed by atoms with Gasteiger partial charge >= 0.3 is 0 Å². The molecule has 10 N–H and O–H groups in total. The Kier molecular flexibility index (Phi) is 7.55. The van der Waals surface area contributed by atoms with Crippen LogP contribution < -0.4 is 22.3 Å². The van der Waals surface area contributed by atoms with Crippen molar-refractivity contribution in [3.63, 3.8) is 0 Å². The fourth-order valence-corrected chi connectivity index (χ4v) is 4.85. The topological polar surface area (TPSA) is 209 Å². The Morgan fingerprint density at radius 1 is 1.26 bits per heavy atom. The second kappa shape index (κ2) is 9.97. The summed E-state index contributed by atoms with van der Waals surface area (Å²) in [6.45, 7) is 1.24. The fraction of sp³-hybridized carbons (Fsp3) is 0.471. The summed E-state index contributed by atoms with van der Waals surface area (Å²) < 4.78 is 5.44. The number of anilines is 1. The second-order valence-corrected chi connectivity index (χ2v) is 8.79. The third-order valence-electron chi connectivity index (χ3n) is 4.73. The van der Waals surface area contributed by atoms with Crippen molar-refractivity contribution in [2.45, 2.75) is 37.4 Å². The number of ether oxygens (including phenoxy) is 1. The molecular weight excluding hydrogens is 448 g/mol. The van der Waals surface area contributed by atoms with Gasteiger partial charge in [-0.3, -0.25) is 10.6 Å². The first kappa shape index (κ1) is 23.5. The Morgan fingerprint density at radius 2 is 1.97 bits per heavy atom. The summed E-state index contributed by atoms with van der Waals surface area (Å²) in [5, 5.41) is 42.9. The van der Waals surface area contributed by atoms with Crippen LogP contribution in [0, 0.1) is 6.92 Å². The molecule has 14 heteroatoms. The summed E-state index contributed by atoms with van der Waals surface area (Å²) in [6, 6.07) is 0. The number of aliphatic hydroxyl groups is 4. The molecule has 2 aromatic rings. The van der Waals surface area contributed by atoms with Gasteiger partial charge < -0.3 is 41.6 Å². The molecule has 1 aliphatic rings. The Morgan fingerprint density at radius 3 is 2.61 bits per heavy atom. The Hall–Kier alpha value is -2.17. The van der Waals surface area contributed by atoms with Crippen LogP contribution in [0.3, 0.4) is 0 Å². The van der Waals surface area contributed by atoms with Gasteiger partial charge in [0.25, 0.3) is 0 Å². The zero-order valence-corrected chi connectivity index (χ0v) is 18.1. The van der Waals surface area contributed by atoms with Crippen LogP contribution in [0.4, 0.5) is 5.13 Å². The molecule has 0 saturated carbocycles. The molecule has 3 heterocycles. The van der Waals surface area contributed by atoms with Crippen molar-refractivity contribution in [1.29, 1.82) is 0 Å². The molecule has 0 amide bonds. The number of nitrogens with two attached hydrogens (primary N) is 2. The monoisotopic (exact) mass is 472 g/mol. The van der Waals surface area contributed by atoms with Gasteiger partial charge in [0.05, 0.1) is 28.3 Å². The number of carbonyl (C=O) groups excluding carboxylic acids is 1. The van der Waals surface area contributed by atoms with Crippen LogP contribution in [0.5, 0.6) is 0 Å². The molecule has 1 fully saturated rings. The summed E-state index contributed by atoms with van der Waals surface area (Å²) in [5.41, 5.74) is 8.85. The predicted octanol–water partition coefficient (Wildman–Crippen LogP) is -1.89. The number of aromatic nitrogens is 2. The molecule has 0 spiro atoms. The van der Waals surface area contributed by atoms with Crippen molar-refractivity contribution in [3.05, 3.63) is 32.9 Å². The maximum Gasteiger partial charge on any atom is 0.216 e. The lowest BCUT2D eigenvalue weighted by Crippen LogP contribution is -2.60. The van der Waals surface area contributed by atoms with E-state index >= 15 is 0 Å². The molecule has 0 bridgehead atoms. The Labute approximate surface area is 185 Å². The number of thiazole rings is 2. The van der Waals surface area contributed by atoms with Gasteiger partial charge in [-0.05, 0) is 6.92 Å². The zero-order chi connectivity index (χ0) is 22.7. The summed E-state index contributed by atoms with van der Waals surface area (Å²) >= 11 is 2.25. The van der Waals surface area contributed by atoms with E-state index in [0.717, 1.165) is 22.7 Å². The second-order valence-electron chi connectivity index (χ2n) is 6.77. The molecule has 5 atom stereocenters. The number of carbonyl (C=O) groups is 1. The van der Waals surface area contributed by atoms with Crippen molar-refractivity contribution in [2.24, 2.45) is 11.6 Å². The summed E-state index contributed by atoms with van der Waals surface area (Å²) in [4.78, 5) is 22.1. The largest absolute Gasteiger partial charge is 0.403 e. The fourth-order valence-electron chi connectivity index (χ4n) is 3.01. The summed E-state index contributed by atoms with van der Waals surface area (Å²) in [6.07, 6.45) is -3.43. The number of ketones is 1. The minimum absolute atomic E-state index is 0.0408. The van der Waals surface area contributed by atoms with Gasteiger partial charge in [-0.1, -0.05) is 11.3 Å². The van der Waals surface area contributed by atoms with E-state index in [-0.39, 0.29) is 12.3 Å². The first-order valence-corrected chi connectivity index (χ1v) is 10.8. The van der Waals surface area contributed by atoms with E-state index in [1.54, 1.807) is 6.92 Å². The third-order valence-corrected chi connectivity index (χ3v) is 6.87. The molecule has 170 valence electrons. The molecule has 3 rings (SSSR count). The predicted molar refractivity (Wildman–Crippen MR) is 114 cm³/mol. The highest BCUT2D eigenvalue weighted by atomic mass is 32.1. The van der Waals surface area contributed by atoms with Gasteiger partial charge in [0.2, 0.25) is 5.78 Å². The first-order valence-electron chi connectivity index (χ1n) is 9.21. The average Bonchev–Trinajstić information content (AvgIpc) is 3.39. The smallest absolute Gasteiger partial charge is 0.216 e. The van der Waals surface area contributed by atoms with Crippen LogP contribution in [-0.4, -0.2) is 79.8 Å². The quantitative estimate of drug-likeness (QED) is 0.120. The highest BCUT2D eigenvalue weighted by molar-refractivity contribution is 7.19. The number of hydrazine groups is 1. The van der Waals surface area contributed by atoms with Crippen LogP contribution in [0.25, 0.3) is 5.70 Å². The molecule has 1 aliphatic heterocycles. The number of nitrogens with zero attached hydrogens (tertiary/aromatic N) is 2. The van der Waals surface area contributed by atoms with Gasteiger partial charge in [-0.2, -0.15) is 0 Å². The number of nitrogens with one attached hydrogen (secondary N) is 2. The van der Waals surface area contributed by atoms with Crippen molar-refractivity contribution in [3.8, 4) is 0 Å². The molecule has 3 unspecified atom stereocenters. The van der Waals surface area contributed by atoms with Crippen LogP contribution in [-0.2, 0) is 4.74 Å². The number of hydrogen-bond donors (Lipinski definition) is 8. The first-order chi connectivity index (χ1) is 14.8. The number of aliphatic hydroxyl groups excluding tert-OH is 4. The lowest BCUT2D eigenvalue weighted by Gasteiger charge is -2.40. The Bertz CT molecular complexity index is 947. The third kappa shape index (κ3) is 4.86. The van der Waals surface area contributed by atoms with Crippen molar-refractivity contribution >= 4 is 39.3 Å². The van der Waals surface area contributed by atoms with Gasteiger partial charge in [0, 0.05) is 12.7 Å². The highest BCUT2D eigenvalue weighted by Gasteiger charge is 2.43. The summed E-state index contributed by atoms with van der Waals surface area (Å²) in [5.74, 6) is 5.14. The standard InChI is InChI=1S/C17H24N6O6S2/c1-6-15(31-16(22-6)7(2-18)23-19)13(27)10-4-21-17(30-10)20-3-8-11(25)14(28)12(26)9(5-24)29-8/h2,4,8-9,11-12,14,23-26,28H,3,5,18-19H2,1H3,(H,20,21)/b7-2-/t8-,9?,11?,12-,14?/m1/s1. The Balaban J connectivity index is 1.67. The molecule has 0 aromatic carbocycles. The molecule has 1 saturated heterocycles. The molecule has 12 nitrogen and oxygen atoms in total. The normalized spacial score (nSPS) is 26.6. The minimum Gasteiger partial charge on any atom is -0.403 e. The van der Waals surface area contributed by atoms with E-state index in [0.29, 0.717) is 31.3 Å². The van der Waals surface area contributed by atoms with E-state index in [2.05, 4.69) is 20.7 Å². The SMILES string of the molecule is Cc1nc(/C(=C/N)NN)sc1C(=O)c1cnc(NC[C@H]2OC(CO)[C@@H](O)C(O)C2O)s1. The van der Waals surface area contributed by atoms with Crippen LogP contribution in [0.2, 0.25) is 0 Å². The molecule has 0 radical (unpaired) electrons. The average molecular weight is 473 g/mol. The maximum absolute atomic E-state index is 12.9. The van der Waals surface area contributed by atoms with Crippen LogP contribution in [0.1, 0.15) is 25.3 Å². The van der Waals surface area contributed by atoms with Crippen LogP contribution in [0.15, 0.2) is 12.4 Å². The maximum atomic E-state index is 12.9. The highest BCUT2D eigenvalue weighted by Crippen LogP contribution is 2.29. The molecule has 31 heavy (non-hydrogen) atoms. The van der Waals surface area contributed by atoms with E-state index in [1.807, 2.05) is 0 Å². The zero-order valence-electron chi connectivity index (χ0n) is 16.4. The van der Waals surface area contributed by atoms with E-state index < -0.39 is 37.1 Å². The van der Waals surface area contributed by atoms with E-state index in [9.17, 15) is 25.2 Å². The lowest BCUT2D eigenvalue weighted by atomic mass is 9.95.